The maximum absolute atomic E-state index is 12.7. The SMILES string of the molecule is COC(=O)C(C)Oc1cc(C)c2c(c1)O/C(=C\c1cccc(Cl)c1)C2=O. The van der Waals surface area contributed by atoms with E-state index in [-0.39, 0.29) is 11.5 Å². The van der Waals surface area contributed by atoms with E-state index in [0.29, 0.717) is 27.6 Å². The van der Waals surface area contributed by atoms with Crippen LogP contribution in [-0.2, 0) is 9.53 Å². The molecule has 134 valence electrons. The number of methoxy groups -OCH3 is 1. The quantitative estimate of drug-likeness (QED) is 0.594. The molecule has 1 unspecified atom stereocenters. The van der Waals surface area contributed by atoms with Gasteiger partial charge in [0.05, 0.1) is 12.7 Å². The van der Waals surface area contributed by atoms with E-state index >= 15 is 0 Å². The molecule has 0 aliphatic carbocycles. The maximum atomic E-state index is 12.7. The zero-order valence-electron chi connectivity index (χ0n) is 14.5. The molecule has 0 spiro atoms. The molecule has 0 fully saturated rings. The molecule has 0 amide bonds. The number of Topliss-reactive ketones (excluding diaryl/α,β-unsaturated/α-hetero) is 1. The molecule has 6 heteroatoms. The Labute approximate surface area is 156 Å². The number of hydrogen-bond acceptors (Lipinski definition) is 5. The average Bonchev–Trinajstić information content (AvgIpc) is 2.90. The first-order chi connectivity index (χ1) is 12.4. The van der Waals surface area contributed by atoms with Gasteiger partial charge in [0.25, 0.3) is 0 Å². The van der Waals surface area contributed by atoms with Gasteiger partial charge in [-0.2, -0.15) is 0 Å². The molecular weight excluding hydrogens is 356 g/mol. The predicted molar refractivity (Wildman–Crippen MR) is 97.7 cm³/mol. The lowest BCUT2D eigenvalue weighted by molar-refractivity contribution is -0.147. The van der Waals surface area contributed by atoms with Crippen molar-refractivity contribution in [2.24, 2.45) is 0 Å². The van der Waals surface area contributed by atoms with Gasteiger partial charge in [-0.05, 0) is 49.2 Å². The number of carbonyl (C=O) groups is 2. The van der Waals surface area contributed by atoms with Gasteiger partial charge in [-0.1, -0.05) is 23.7 Å². The normalized spacial score (nSPS) is 15.4. The second kappa shape index (κ2) is 7.22. The van der Waals surface area contributed by atoms with Gasteiger partial charge in [-0.15, -0.1) is 0 Å². The third kappa shape index (κ3) is 3.58. The van der Waals surface area contributed by atoms with E-state index in [9.17, 15) is 9.59 Å². The van der Waals surface area contributed by atoms with Crippen molar-refractivity contribution in [2.75, 3.05) is 7.11 Å². The second-order valence-electron chi connectivity index (χ2n) is 5.89. The molecule has 2 aromatic carbocycles. The fourth-order valence-corrected chi connectivity index (χ4v) is 2.91. The van der Waals surface area contributed by atoms with Crippen LogP contribution in [0.1, 0.15) is 28.4 Å². The van der Waals surface area contributed by atoms with Gasteiger partial charge in [0.2, 0.25) is 5.78 Å². The van der Waals surface area contributed by atoms with E-state index in [4.69, 9.17) is 21.1 Å². The van der Waals surface area contributed by atoms with Gasteiger partial charge in [0, 0.05) is 11.1 Å². The number of hydrogen-bond donors (Lipinski definition) is 0. The number of halogens is 1. The van der Waals surface area contributed by atoms with Crippen molar-refractivity contribution in [2.45, 2.75) is 20.0 Å². The summed E-state index contributed by atoms with van der Waals surface area (Å²) in [5.41, 5.74) is 1.95. The lowest BCUT2D eigenvalue weighted by Crippen LogP contribution is -2.24. The van der Waals surface area contributed by atoms with E-state index in [1.54, 1.807) is 50.3 Å². The molecule has 0 saturated carbocycles. The molecule has 0 N–H and O–H groups in total. The van der Waals surface area contributed by atoms with Crippen LogP contribution in [0.25, 0.3) is 6.08 Å². The average molecular weight is 373 g/mol. The molecule has 1 aliphatic rings. The molecule has 1 atom stereocenters. The van der Waals surface area contributed by atoms with E-state index < -0.39 is 12.1 Å². The molecule has 26 heavy (non-hydrogen) atoms. The molecule has 1 aliphatic heterocycles. The van der Waals surface area contributed by atoms with Crippen LogP contribution in [0.5, 0.6) is 11.5 Å². The van der Waals surface area contributed by atoms with Crippen LogP contribution in [-0.4, -0.2) is 25.0 Å². The van der Waals surface area contributed by atoms with Crippen LogP contribution in [0.15, 0.2) is 42.2 Å². The zero-order valence-corrected chi connectivity index (χ0v) is 15.3. The van der Waals surface area contributed by atoms with Gasteiger partial charge in [-0.25, -0.2) is 4.79 Å². The van der Waals surface area contributed by atoms with Crippen molar-refractivity contribution in [3.8, 4) is 11.5 Å². The summed E-state index contributed by atoms with van der Waals surface area (Å²) >= 11 is 5.98. The van der Waals surface area contributed by atoms with E-state index in [0.717, 1.165) is 5.56 Å². The van der Waals surface area contributed by atoms with E-state index in [1.165, 1.54) is 7.11 Å². The standard InChI is InChI=1S/C20H17ClO5/c1-11-7-15(25-12(2)20(23)24-3)10-16-18(11)19(22)17(26-16)9-13-5-4-6-14(21)8-13/h4-10,12H,1-3H3/b17-9-. The van der Waals surface area contributed by atoms with E-state index in [1.807, 2.05) is 6.07 Å². The Morgan fingerprint density at radius 3 is 2.73 bits per heavy atom. The Morgan fingerprint density at radius 2 is 2.04 bits per heavy atom. The van der Waals surface area contributed by atoms with Crippen molar-refractivity contribution >= 4 is 29.4 Å². The molecule has 0 saturated heterocycles. The summed E-state index contributed by atoms with van der Waals surface area (Å²) < 4.78 is 15.9. The largest absolute Gasteiger partial charge is 0.479 e. The highest BCUT2D eigenvalue weighted by Crippen LogP contribution is 2.37. The van der Waals surface area contributed by atoms with Crippen molar-refractivity contribution in [1.82, 2.24) is 0 Å². The first kappa shape index (κ1) is 18.0. The highest BCUT2D eigenvalue weighted by atomic mass is 35.5. The lowest BCUT2D eigenvalue weighted by Gasteiger charge is -2.13. The molecule has 0 aromatic heterocycles. The van der Waals surface area contributed by atoms with Gasteiger partial charge in [-0.3, -0.25) is 4.79 Å². The number of aryl methyl sites for hydroxylation is 1. The first-order valence-corrected chi connectivity index (χ1v) is 8.36. The number of esters is 1. The minimum absolute atomic E-state index is 0.204. The Bertz CT molecular complexity index is 916. The number of carbonyl (C=O) groups excluding carboxylic acids is 2. The zero-order chi connectivity index (χ0) is 18.8. The predicted octanol–water partition coefficient (Wildman–Crippen LogP) is 4.20. The van der Waals surface area contributed by atoms with Crippen LogP contribution in [0.4, 0.5) is 0 Å². The van der Waals surface area contributed by atoms with Crippen molar-refractivity contribution in [1.29, 1.82) is 0 Å². The monoisotopic (exact) mass is 372 g/mol. The molecular formula is C20H17ClO5. The number of rotatable bonds is 4. The minimum Gasteiger partial charge on any atom is -0.479 e. The smallest absolute Gasteiger partial charge is 0.346 e. The summed E-state index contributed by atoms with van der Waals surface area (Å²) in [6.45, 7) is 3.38. The second-order valence-corrected chi connectivity index (χ2v) is 6.33. The summed E-state index contributed by atoms with van der Waals surface area (Å²) in [4.78, 5) is 24.2. The summed E-state index contributed by atoms with van der Waals surface area (Å²) in [6.07, 6.45) is 0.877. The third-order valence-corrected chi connectivity index (χ3v) is 4.17. The van der Waals surface area contributed by atoms with Crippen LogP contribution in [0.3, 0.4) is 0 Å². The minimum atomic E-state index is -0.768. The van der Waals surface area contributed by atoms with Crippen LogP contribution < -0.4 is 9.47 Å². The van der Waals surface area contributed by atoms with Gasteiger partial charge in [0.15, 0.2) is 11.9 Å². The number of ether oxygens (including phenoxy) is 3. The van der Waals surface area contributed by atoms with Crippen LogP contribution in [0, 0.1) is 6.92 Å². The number of benzene rings is 2. The number of fused-ring (bicyclic) bond motifs is 1. The molecule has 5 nitrogen and oxygen atoms in total. The highest BCUT2D eigenvalue weighted by Gasteiger charge is 2.30. The summed E-state index contributed by atoms with van der Waals surface area (Å²) in [5, 5.41) is 0.575. The molecule has 0 radical (unpaired) electrons. The van der Waals surface area contributed by atoms with E-state index in [2.05, 4.69) is 4.74 Å². The molecule has 3 rings (SSSR count). The van der Waals surface area contributed by atoms with Crippen molar-refractivity contribution in [3.63, 3.8) is 0 Å². The van der Waals surface area contributed by atoms with Crippen molar-refractivity contribution in [3.05, 3.63) is 63.9 Å². The molecule has 0 bridgehead atoms. The number of ketones is 1. The fraction of sp³-hybridized carbons (Fsp3) is 0.200. The highest BCUT2D eigenvalue weighted by molar-refractivity contribution is 6.30. The summed E-state index contributed by atoms with van der Waals surface area (Å²) in [7, 11) is 1.30. The lowest BCUT2D eigenvalue weighted by atomic mass is 10.0. The Morgan fingerprint density at radius 1 is 1.27 bits per heavy atom. The van der Waals surface area contributed by atoms with Gasteiger partial charge >= 0.3 is 5.97 Å². The van der Waals surface area contributed by atoms with Gasteiger partial charge in [0.1, 0.15) is 11.5 Å². The Kier molecular flexibility index (Phi) is 5.00. The topological polar surface area (TPSA) is 61.8 Å². The van der Waals surface area contributed by atoms with Crippen LogP contribution >= 0.6 is 11.6 Å². The Balaban J connectivity index is 1.90. The van der Waals surface area contributed by atoms with Crippen molar-refractivity contribution < 1.29 is 23.8 Å². The van der Waals surface area contributed by atoms with Crippen LogP contribution in [0.2, 0.25) is 5.02 Å². The molecule has 1 heterocycles. The first-order valence-electron chi connectivity index (χ1n) is 7.98. The van der Waals surface area contributed by atoms with Gasteiger partial charge < -0.3 is 14.2 Å². The summed E-state index contributed by atoms with van der Waals surface area (Å²) in [5.74, 6) is 0.349. The third-order valence-electron chi connectivity index (χ3n) is 3.94. The molecule has 2 aromatic rings. The maximum Gasteiger partial charge on any atom is 0.346 e. The Hall–Kier alpha value is -2.79. The summed E-state index contributed by atoms with van der Waals surface area (Å²) in [6, 6.07) is 10.4. The number of allylic oxidation sites excluding steroid dienone is 1. The fourth-order valence-electron chi connectivity index (χ4n) is 2.71.